The monoisotopic (exact) mass is 543 g/mol. The van der Waals surface area contributed by atoms with E-state index in [0.29, 0.717) is 40.9 Å². The number of ether oxygens (including phenoxy) is 2. The first kappa shape index (κ1) is 27.5. The van der Waals surface area contributed by atoms with Crippen LogP contribution in [0.4, 0.5) is 15.9 Å². The first-order valence-electron chi connectivity index (χ1n) is 11.3. The van der Waals surface area contributed by atoms with Gasteiger partial charge in [-0.1, -0.05) is 17.7 Å². The van der Waals surface area contributed by atoms with Gasteiger partial charge in [0, 0.05) is 30.6 Å². The van der Waals surface area contributed by atoms with Crippen LogP contribution < -0.4 is 20.1 Å². The Morgan fingerprint density at radius 2 is 2.06 bits per heavy atom. The summed E-state index contributed by atoms with van der Waals surface area (Å²) in [7, 11) is 1.60. The predicted molar refractivity (Wildman–Crippen MR) is 142 cm³/mol. The maximum absolute atomic E-state index is 14.4. The normalized spacial score (nSPS) is 19.1. The molecule has 0 bridgehead atoms. The molecule has 35 heavy (non-hydrogen) atoms. The number of rotatable bonds is 8. The van der Waals surface area contributed by atoms with Crippen molar-refractivity contribution < 1.29 is 13.9 Å². The molecule has 0 aliphatic carbocycles. The molecule has 0 radical (unpaired) electrons. The summed E-state index contributed by atoms with van der Waals surface area (Å²) in [6, 6.07) is 9.10. The minimum Gasteiger partial charge on any atom is -0.493 e. The van der Waals surface area contributed by atoms with E-state index in [4.69, 9.17) is 21.1 Å². The van der Waals surface area contributed by atoms with Crippen LogP contribution in [0.2, 0.25) is 5.02 Å². The van der Waals surface area contributed by atoms with Crippen molar-refractivity contribution in [2.75, 3.05) is 45.2 Å². The standard InChI is InChI=1S/C24H27ClFN5O2.2ClH/c1-32-21-11-19-16(24(29-14-28-19)30-18-5-2-4-17(25)23(18)26)10-22(21)33-9-3-7-31-8-6-15-12-27-13-20(15)31;;/h2,4-5,10-11,14-15,20,27H,3,6-9,12-13H2,1H3,(H,28,29,30);2*1H/t15-,20+;;/m0../s1. The van der Waals surface area contributed by atoms with Crippen LogP contribution in [-0.4, -0.2) is 60.8 Å². The first-order chi connectivity index (χ1) is 16.1. The number of nitrogens with zero attached hydrogens (tertiary/aromatic N) is 3. The Balaban J connectivity index is 0.00000171. The molecule has 2 N–H and O–H groups in total. The second kappa shape index (κ2) is 12.2. The zero-order chi connectivity index (χ0) is 22.8. The largest absolute Gasteiger partial charge is 0.493 e. The van der Waals surface area contributed by atoms with Gasteiger partial charge in [-0.25, -0.2) is 14.4 Å². The van der Waals surface area contributed by atoms with E-state index in [1.807, 2.05) is 6.07 Å². The molecule has 2 fully saturated rings. The molecule has 2 aliphatic heterocycles. The highest BCUT2D eigenvalue weighted by Crippen LogP contribution is 2.35. The van der Waals surface area contributed by atoms with Gasteiger partial charge in [-0.15, -0.1) is 24.8 Å². The lowest BCUT2D eigenvalue weighted by Crippen LogP contribution is -2.35. The quantitative estimate of drug-likeness (QED) is 0.383. The fourth-order valence-corrected chi connectivity index (χ4v) is 5.00. The Bertz CT molecular complexity index is 1160. The van der Waals surface area contributed by atoms with Crippen molar-refractivity contribution in [1.82, 2.24) is 20.2 Å². The van der Waals surface area contributed by atoms with Crippen molar-refractivity contribution in [3.63, 3.8) is 0 Å². The third kappa shape index (κ3) is 5.84. The molecule has 2 atom stereocenters. The smallest absolute Gasteiger partial charge is 0.165 e. The molecular weight excluding hydrogens is 516 g/mol. The third-order valence-corrected chi connectivity index (χ3v) is 6.82. The zero-order valence-corrected chi connectivity index (χ0v) is 21.7. The van der Waals surface area contributed by atoms with E-state index in [-0.39, 0.29) is 35.5 Å². The Morgan fingerprint density at radius 1 is 1.20 bits per heavy atom. The number of nitrogens with one attached hydrogen (secondary N) is 2. The minimum atomic E-state index is -0.530. The van der Waals surface area contributed by atoms with E-state index in [1.165, 1.54) is 25.4 Å². The number of likely N-dealkylation sites (tertiary alicyclic amines) is 1. The number of benzene rings is 2. The number of fused-ring (bicyclic) bond motifs is 2. The fourth-order valence-electron chi connectivity index (χ4n) is 4.83. The van der Waals surface area contributed by atoms with Crippen LogP contribution in [0.5, 0.6) is 11.5 Å². The zero-order valence-electron chi connectivity index (χ0n) is 19.3. The van der Waals surface area contributed by atoms with Gasteiger partial charge in [0.05, 0.1) is 29.9 Å². The summed E-state index contributed by atoms with van der Waals surface area (Å²) in [5, 5.41) is 7.26. The molecule has 1 aromatic heterocycles. The van der Waals surface area contributed by atoms with Crippen LogP contribution in [0.3, 0.4) is 0 Å². The van der Waals surface area contributed by atoms with E-state index in [2.05, 4.69) is 25.5 Å². The Hall–Kier alpha value is -2.10. The lowest BCUT2D eigenvalue weighted by Gasteiger charge is -2.23. The molecule has 3 aromatic rings. The molecule has 11 heteroatoms. The van der Waals surface area contributed by atoms with E-state index < -0.39 is 5.82 Å². The van der Waals surface area contributed by atoms with Gasteiger partial charge in [-0.3, -0.25) is 4.90 Å². The van der Waals surface area contributed by atoms with Gasteiger partial charge in [0.15, 0.2) is 17.3 Å². The van der Waals surface area contributed by atoms with Gasteiger partial charge in [-0.2, -0.15) is 0 Å². The fraction of sp³-hybridized carbons (Fsp3) is 0.417. The first-order valence-corrected chi connectivity index (χ1v) is 11.6. The Labute approximate surface area is 221 Å². The number of hydrogen-bond donors (Lipinski definition) is 2. The number of anilines is 2. The van der Waals surface area contributed by atoms with Crippen molar-refractivity contribution in [1.29, 1.82) is 0 Å². The van der Waals surface area contributed by atoms with Crippen LogP contribution in [0, 0.1) is 11.7 Å². The van der Waals surface area contributed by atoms with E-state index >= 15 is 0 Å². The number of aromatic nitrogens is 2. The average molecular weight is 545 g/mol. The molecule has 3 heterocycles. The van der Waals surface area contributed by atoms with E-state index in [1.54, 1.807) is 25.3 Å². The van der Waals surface area contributed by atoms with Gasteiger partial charge >= 0.3 is 0 Å². The molecule has 2 aromatic carbocycles. The predicted octanol–water partition coefficient (Wildman–Crippen LogP) is 5.08. The van der Waals surface area contributed by atoms with Crippen molar-refractivity contribution in [3.05, 3.63) is 47.5 Å². The second-order valence-corrected chi connectivity index (χ2v) is 8.89. The average Bonchev–Trinajstić information content (AvgIpc) is 3.44. The van der Waals surface area contributed by atoms with Crippen molar-refractivity contribution in [2.45, 2.75) is 18.9 Å². The summed E-state index contributed by atoms with van der Waals surface area (Å²) < 4.78 is 26.1. The lowest BCUT2D eigenvalue weighted by atomic mass is 10.1. The van der Waals surface area contributed by atoms with Crippen LogP contribution in [0.15, 0.2) is 36.7 Å². The summed E-state index contributed by atoms with van der Waals surface area (Å²) in [5.74, 6) is 1.93. The second-order valence-electron chi connectivity index (χ2n) is 8.48. The van der Waals surface area contributed by atoms with Crippen molar-refractivity contribution in [3.8, 4) is 11.5 Å². The summed E-state index contributed by atoms with van der Waals surface area (Å²) in [4.78, 5) is 11.2. The molecule has 7 nitrogen and oxygen atoms in total. The maximum atomic E-state index is 14.4. The highest BCUT2D eigenvalue weighted by molar-refractivity contribution is 6.31. The minimum absolute atomic E-state index is 0. The molecule has 2 aliphatic rings. The molecule has 0 saturated carbocycles. The summed E-state index contributed by atoms with van der Waals surface area (Å²) >= 11 is 5.92. The molecular formula is C24H29Cl3FN5O2. The summed E-state index contributed by atoms with van der Waals surface area (Å²) in [6.45, 7) is 4.99. The highest BCUT2D eigenvalue weighted by atomic mass is 35.5. The highest BCUT2D eigenvalue weighted by Gasteiger charge is 2.36. The van der Waals surface area contributed by atoms with Crippen molar-refractivity contribution >= 4 is 58.8 Å². The summed E-state index contributed by atoms with van der Waals surface area (Å²) in [5.41, 5.74) is 0.905. The maximum Gasteiger partial charge on any atom is 0.165 e. The van der Waals surface area contributed by atoms with Gasteiger partial charge in [0.1, 0.15) is 12.1 Å². The molecule has 0 amide bonds. The van der Waals surface area contributed by atoms with Gasteiger partial charge in [0.2, 0.25) is 0 Å². The van der Waals surface area contributed by atoms with Crippen molar-refractivity contribution in [2.24, 2.45) is 5.92 Å². The van der Waals surface area contributed by atoms with Crippen LogP contribution in [-0.2, 0) is 0 Å². The van der Waals surface area contributed by atoms with Gasteiger partial charge in [0.25, 0.3) is 0 Å². The Morgan fingerprint density at radius 3 is 2.89 bits per heavy atom. The topological polar surface area (TPSA) is 71.5 Å². The SMILES string of the molecule is COc1cc2ncnc(Nc3cccc(Cl)c3F)c2cc1OCCCN1CC[C@H]2CNC[C@H]21.Cl.Cl. The van der Waals surface area contributed by atoms with Gasteiger partial charge < -0.3 is 20.1 Å². The van der Waals surface area contributed by atoms with Gasteiger partial charge in [-0.05, 0) is 50.0 Å². The van der Waals surface area contributed by atoms with Crippen LogP contribution in [0.1, 0.15) is 12.8 Å². The molecule has 0 unspecified atom stereocenters. The Kier molecular flexibility index (Phi) is 9.61. The molecule has 2 saturated heterocycles. The molecule has 0 spiro atoms. The molecule has 190 valence electrons. The van der Waals surface area contributed by atoms with E-state index in [0.717, 1.165) is 32.0 Å². The number of hydrogen-bond acceptors (Lipinski definition) is 7. The lowest BCUT2D eigenvalue weighted by molar-refractivity contribution is 0.217. The summed E-state index contributed by atoms with van der Waals surface area (Å²) in [6.07, 6.45) is 3.63. The van der Waals surface area contributed by atoms with E-state index in [9.17, 15) is 4.39 Å². The number of methoxy groups -OCH3 is 1. The third-order valence-electron chi connectivity index (χ3n) is 6.53. The van der Waals surface area contributed by atoms with Crippen LogP contribution in [0.25, 0.3) is 10.9 Å². The van der Waals surface area contributed by atoms with Crippen LogP contribution >= 0.6 is 36.4 Å². The molecule has 5 rings (SSSR count). The number of halogens is 4.